The van der Waals surface area contributed by atoms with Crippen LogP contribution in [0.1, 0.15) is 32.1 Å². The summed E-state index contributed by atoms with van der Waals surface area (Å²) in [5.41, 5.74) is -2.59. The van der Waals surface area contributed by atoms with Gasteiger partial charge >= 0.3 is 6.18 Å². The average Bonchev–Trinajstić information content (AvgIpc) is 2.96. The summed E-state index contributed by atoms with van der Waals surface area (Å²) in [5, 5.41) is 9.89. The topological polar surface area (TPSA) is 52.5 Å². The van der Waals surface area contributed by atoms with Gasteiger partial charge in [-0.05, 0) is 25.7 Å². The molecule has 0 saturated carbocycles. The van der Waals surface area contributed by atoms with E-state index in [4.69, 9.17) is 0 Å². The fourth-order valence-electron chi connectivity index (χ4n) is 3.26. The molecule has 23 heavy (non-hydrogen) atoms. The Balaban J connectivity index is 1.74. The van der Waals surface area contributed by atoms with E-state index in [0.717, 1.165) is 31.7 Å². The molecule has 128 valence electrons. The van der Waals surface area contributed by atoms with Gasteiger partial charge in [0.05, 0.1) is 0 Å². The summed E-state index contributed by atoms with van der Waals surface area (Å²) in [6, 6.07) is 1.84. The SMILES string of the molecule is OC1(C(F)(F)F)CCCN(c2cc(N3CCCC3)ncn2)CC1. The summed E-state index contributed by atoms with van der Waals surface area (Å²) in [6.07, 6.45) is -1.20. The van der Waals surface area contributed by atoms with Crippen LogP contribution in [0.2, 0.25) is 0 Å². The predicted molar refractivity (Wildman–Crippen MR) is 80.5 cm³/mol. The molecule has 0 bridgehead atoms. The van der Waals surface area contributed by atoms with Gasteiger partial charge in [0.1, 0.15) is 18.0 Å². The van der Waals surface area contributed by atoms with Crippen LogP contribution in [0.4, 0.5) is 24.8 Å². The lowest BCUT2D eigenvalue weighted by Gasteiger charge is -2.29. The highest BCUT2D eigenvalue weighted by Gasteiger charge is 2.53. The monoisotopic (exact) mass is 330 g/mol. The van der Waals surface area contributed by atoms with Crippen molar-refractivity contribution in [2.75, 3.05) is 36.0 Å². The first-order valence-electron chi connectivity index (χ1n) is 8.00. The second-order valence-electron chi connectivity index (χ2n) is 6.30. The molecule has 0 radical (unpaired) electrons. The van der Waals surface area contributed by atoms with Crippen molar-refractivity contribution >= 4 is 11.6 Å². The standard InChI is InChI=1S/C15H21F3N4O/c16-15(17,18)14(23)4-3-8-22(9-5-14)13-10-12(19-11-20-13)21-6-1-2-7-21/h10-11,23H,1-9H2. The molecule has 0 aliphatic carbocycles. The van der Waals surface area contributed by atoms with E-state index >= 15 is 0 Å². The van der Waals surface area contributed by atoms with Crippen LogP contribution in [0.25, 0.3) is 0 Å². The minimum Gasteiger partial charge on any atom is -0.380 e. The van der Waals surface area contributed by atoms with Crippen LogP contribution in [-0.2, 0) is 0 Å². The van der Waals surface area contributed by atoms with Crippen molar-refractivity contribution in [3.05, 3.63) is 12.4 Å². The molecule has 2 fully saturated rings. The Hall–Kier alpha value is -1.57. The molecule has 1 N–H and O–H groups in total. The Bertz CT molecular complexity index is 548. The predicted octanol–water partition coefficient (Wildman–Crippen LogP) is 2.36. The molecule has 5 nitrogen and oxygen atoms in total. The van der Waals surface area contributed by atoms with E-state index in [-0.39, 0.29) is 25.8 Å². The van der Waals surface area contributed by atoms with Crippen molar-refractivity contribution < 1.29 is 18.3 Å². The van der Waals surface area contributed by atoms with Crippen molar-refractivity contribution in [2.45, 2.75) is 43.9 Å². The van der Waals surface area contributed by atoms with Crippen molar-refractivity contribution in [1.82, 2.24) is 9.97 Å². The van der Waals surface area contributed by atoms with Crippen molar-refractivity contribution in [1.29, 1.82) is 0 Å². The lowest BCUT2D eigenvalue weighted by atomic mass is 9.94. The Morgan fingerprint density at radius 3 is 2.09 bits per heavy atom. The average molecular weight is 330 g/mol. The van der Waals surface area contributed by atoms with E-state index < -0.39 is 11.8 Å². The number of aromatic nitrogens is 2. The molecule has 2 aliphatic heterocycles. The summed E-state index contributed by atoms with van der Waals surface area (Å²) in [6.45, 7) is 2.48. The third-order valence-corrected chi connectivity index (χ3v) is 4.73. The summed E-state index contributed by atoms with van der Waals surface area (Å²) >= 11 is 0. The van der Waals surface area contributed by atoms with E-state index in [2.05, 4.69) is 14.9 Å². The van der Waals surface area contributed by atoms with E-state index in [0.29, 0.717) is 12.4 Å². The number of rotatable bonds is 2. The van der Waals surface area contributed by atoms with Crippen LogP contribution in [0, 0.1) is 0 Å². The smallest absolute Gasteiger partial charge is 0.380 e. The molecule has 0 aromatic carbocycles. The molecule has 0 amide bonds. The minimum absolute atomic E-state index is 0.131. The number of hydrogen-bond donors (Lipinski definition) is 1. The van der Waals surface area contributed by atoms with Crippen LogP contribution in [0.3, 0.4) is 0 Å². The van der Waals surface area contributed by atoms with Crippen molar-refractivity contribution in [3.63, 3.8) is 0 Å². The molecule has 2 saturated heterocycles. The number of hydrogen-bond acceptors (Lipinski definition) is 5. The largest absolute Gasteiger partial charge is 0.417 e. The van der Waals surface area contributed by atoms with Crippen LogP contribution in [0.5, 0.6) is 0 Å². The highest BCUT2D eigenvalue weighted by atomic mass is 19.4. The number of anilines is 2. The van der Waals surface area contributed by atoms with E-state index in [1.807, 2.05) is 11.0 Å². The third-order valence-electron chi connectivity index (χ3n) is 4.73. The first-order valence-corrected chi connectivity index (χ1v) is 8.00. The van der Waals surface area contributed by atoms with Crippen LogP contribution in [0.15, 0.2) is 12.4 Å². The molecule has 8 heteroatoms. The molecule has 1 aromatic rings. The highest BCUT2D eigenvalue weighted by molar-refractivity contribution is 5.50. The molecule has 3 rings (SSSR count). The number of halogens is 3. The molecular weight excluding hydrogens is 309 g/mol. The second kappa shape index (κ2) is 6.14. The Kier molecular flexibility index (Phi) is 4.35. The quantitative estimate of drug-likeness (QED) is 0.902. The van der Waals surface area contributed by atoms with E-state index in [1.165, 1.54) is 6.33 Å². The maximum atomic E-state index is 13.0. The van der Waals surface area contributed by atoms with Crippen LogP contribution < -0.4 is 9.80 Å². The fraction of sp³-hybridized carbons (Fsp3) is 0.733. The summed E-state index contributed by atoms with van der Waals surface area (Å²) in [5.74, 6) is 1.45. The van der Waals surface area contributed by atoms with Crippen LogP contribution >= 0.6 is 0 Å². The summed E-state index contributed by atoms with van der Waals surface area (Å²) < 4.78 is 39.0. The fourth-order valence-corrected chi connectivity index (χ4v) is 3.26. The lowest BCUT2D eigenvalue weighted by Crippen LogP contribution is -2.45. The van der Waals surface area contributed by atoms with Gasteiger partial charge in [0.25, 0.3) is 0 Å². The highest BCUT2D eigenvalue weighted by Crippen LogP contribution is 2.38. The van der Waals surface area contributed by atoms with Gasteiger partial charge < -0.3 is 14.9 Å². The van der Waals surface area contributed by atoms with Crippen molar-refractivity contribution in [3.8, 4) is 0 Å². The number of alkyl halides is 3. The number of aliphatic hydroxyl groups is 1. The van der Waals surface area contributed by atoms with E-state index in [1.54, 1.807) is 0 Å². The summed E-state index contributed by atoms with van der Waals surface area (Å²) in [7, 11) is 0. The van der Waals surface area contributed by atoms with Gasteiger partial charge in [0.15, 0.2) is 5.60 Å². The summed E-state index contributed by atoms with van der Waals surface area (Å²) in [4.78, 5) is 12.4. The molecule has 3 heterocycles. The molecule has 2 aliphatic rings. The van der Waals surface area contributed by atoms with Gasteiger partial charge in [-0.3, -0.25) is 0 Å². The zero-order chi connectivity index (χ0) is 16.5. The molecule has 1 aromatic heterocycles. The minimum atomic E-state index is -4.59. The second-order valence-corrected chi connectivity index (χ2v) is 6.30. The lowest BCUT2D eigenvalue weighted by molar-refractivity contribution is -0.263. The Labute approximate surface area is 133 Å². The van der Waals surface area contributed by atoms with Gasteiger partial charge in [0.2, 0.25) is 0 Å². The zero-order valence-corrected chi connectivity index (χ0v) is 12.9. The Morgan fingerprint density at radius 2 is 1.48 bits per heavy atom. The first kappa shape index (κ1) is 16.3. The number of nitrogens with zero attached hydrogens (tertiary/aromatic N) is 4. The maximum absolute atomic E-state index is 13.0. The third kappa shape index (κ3) is 3.36. The molecular formula is C15H21F3N4O. The normalized spacial score (nSPS) is 26.4. The van der Waals surface area contributed by atoms with Crippen molar-refractivity contribution in [2.24, 2.45) is 0 Å². The molecule has 0 spiro atoms. The molecule has 1 atom stereocenters. The van der Waals surface area contributed by atoms with Gasteiger partial charge in [-0.15, -0.1) is 0 Å². The van der Waals surface area contributed by atoms with Gasteiger partial charge in [-0.2, -0.15) is 13.2 Å². The van der Waals surface area contributed by atoms with Gasteiger partial charge in [0, 0.05) is 38.7 Å². The van der Waals surface area contributed by atoms with Crippen LogP contribution in [-0.4, -0.2) is 53.0 Å². The van der Waals surface area contributed by atoms with Gasteiger partial charge in [-0.1, -0.05) is 0 Å². The zero-order valence-electron chi connectivity index (χ0n) is 12.9. The van der Waals surface area contributed by atoms with Gasteiger partial charge in [-0.25, -0.2) is 9.97 Å². The molecule has 1 unspecified atom stereocenters. The Morgan fingerprint density at radius 1 is 0.913 bits per heavy atom. The van der Waals surface area contributed by atoms with E-state index in [9.17, 15) is 18.3 Å². The first-order chi connectivity index (χ1) is 10.9. The maximum Gasteiger partial charge on any atom is 0.417 e.